The highest BCUT2D eigenvalue weighted by Crippen LogP contribution is 2.44. The van der Waals surface area contributed by atoms with Gasteiger partial charge in [-0.3, -0.25) is 4.79 Å². The van der Waals surface area contributed by atoms with Crippen molar-refractivity contribution in [2.45, 2.75) is 26.9 Å². The molecule has 4 rings (SSSR count). The Morgan fingerprint density at radius 3 is 2.76 bits per heavy atom. The molecule has 0 bridgehead atoms. The molecule has 0 radical (unpaired) electrons. The molecule has 0 saturated heterocycles. The number of hydrogen-bond acceptors (Lipinski definition) is 3. The van der Waals surface area contributed by atoms with Gasteiger partial charge >= 0.3 is 0 Å². The van der Waals surface area contributed by atoms with Gasteiger partial charge in [-0.25, -0.2) is 0 Å². The fourth-order valence-corrected chi connectivity index (χ4v) is 4.26. The zero-order valence-electron chi connectivity index (χ0n) is 14.3. The first-order chi connectivity index (χ1) is 12.2. The normalized spacial score (nSPS) is 12.1. The Labute approximate surface area is 151 Å². The molecule has 0 aliphatic carbocycles. The molecule has 0 saturated carbocycles. The van der Waals surface area contributed by atoms with Gasteiger partial charge in [-0.1, -0.05) is 31.2 Å². The molecule has 0 atom stereocenters. The van der Waals surface area contributed by atoms with E-state index in [1.807, 2.05) is 42.5 Å². The van der Waals surface area contributed by atoms with E-state index in [0.717, 1.165) is 33.9 Å². The lowest BCUT2D eigenvalue weighted by Gasteiger charge is -2.19. The lowest BCUT2D eigenvalue weighted by atomic mass is 10.0. The summed E-state index contributed by atoms with van der Waals surface area (Å²) in [6.45, 7) is 4.71. The van der Waals surface area contributed by atoms with E-state index in [1.54, 1.807) is 0 Å². The third-order valence-corrected chi connectivity index (χ3v) is 5.69. The molecule has 1 N–H and O–H groups in total. The molecular weight excluding hydrogens is 330 g/mol. The molecule has 1 amide bonds. The molecule has 2 aromatic carbocycles. The average Bonchev–Trinajstić information content (AvgIpc) is 3.07. The molecule has 2 heterocycles. The van der Waals surface area contributed by atoms with E-state index >= 15 is 0 Å². The summed E-state index contributed by atoms with van der Waals surface area (Å²) in [5.41, 5.74) is 5.44. The number of carbonyl (C=O) groups is 1. The maximum atomic E-state index is 12.6. The molecule has 126 valence electrons. The molecule has 0 unspecified atom stereocenters. The lowest BCUT2D eigenvalue weighted by molar-refractivity contribution is 0.103. The Kier molecular flexibility index (Phi) is 4.06. The minimum atomic E-state index is -0.0706. The van der Waals surface area contributed by atoms with Gasteiger partial charge in [-0.05, 0) is 48.7 Å². The standard InChI is InChI=1S/C21H19NO2S/c1-3-14-7-9-16(10-8-14)22-21(23)18-11-15-12-24-17-6-4-5-13(2)19(17)20(15)25-18/h4-11H,3,12H2,1-2H3,(H,22,23). The Balaban J connectivity index is 1.62. The summed E-state index contributed by atoms with van der Waals surface area (Å²) in [5, 5.41) is 2.99. The van der Waals surface area contributed by atoms with E-state index in [4.69, 9.17) is 4.74 Å². The summed E-state index contributed by atoms with van der Waals surface area (Å²) in [4.78, 5) is 14.5. The van der Waals surface area contributed by atoms with Crippen molar-refractivity contribution in [3.8, 4) is 16.2 Å². The number of carbonyl (C=O) groups excluding carboxylic acids is 1. The van der Waals surface area contributed by atoms with Crippen LogP contribution in [0.3, 0.4) is 0 Å². The van der Waals surface area contributed by atoms with Gasteiger partial charge in [-0.15, -0.1) is 11.3 Å². The van der Waals surface area contributed by atoms with Crippen molar-refractivity contribution in [2.24, 2.45) is 0 Å². The number of nitrogens with one attached hydrogen (secondary N) is 1. The third kappa shape index (κ3) is 2.94. The summed E-state index contributed by atoms with van der Waals surface area (Å²) >= 11 is 1.54. The molecule has 3 aromatic rings. The number of thiophene rings is 1. The van der Waals surface area contributed by atoms with Gasteiger partial charge in [0.1, 0.15) is 12.4 Å². The second kappa shape index (κ2) is 6.37. The molecule has 3 nitrogen and oxygen atoms in total. The van der Waals surface area contributed by atoms with Crippen LogP contribution in [0.4, 0.5) is 5.69 Å². The van der Waals surface area contributed by atoms with Gasteiger partial charge in [-0.2, -0.15) is 0 Å². The van der Waals surface area contributed by atoms with Crippen molar-refractivity contribution < 1.29 is 9.53 Å². The van der Waals surface area contributed by atoms with Gasteiger partial charge in [0.05, 0.1) is 4.88 Å². The summed E-state index contributed by atoms with van der Waals surface area (Å²) in [6.07, 6.45) is 0.991. The first-order valence-corrected chi connectivity index (χ1v) is 9.23. The van der Waals surface area contributed by atoms with Crippen LogP contribution in [0, 0.1) is 6.92 Å². The van der Waals surface area contributed by atoms with E-state index < -0.39 is 0 Å². The van der Waals surface area contributed by atoms with Gasteiger partial charge < -0.3 is 10.1 Å². The van der Waals surface area contributed by atoms with E-state index in [0.29, 0.717) is 11.5 Å². The minimum absolute atomic E-state index is 0.0706. The number of amides is 1. The van der Waals surface area contributed by atoms with Gasteiger partial charge in [0.25, 0.3) is 5.91 Å². The van der Waals surface area contributed by atoms with Gasteiger partial charge in [0, 0.05) is 21.7 Å². The second-order valence-corrected chi connectivity index (χ2v) is 7.26. The molecule has 1 aliphatic rings. The number of aryl methyl sites for hydroxylation is 2. The highest BCUT2D eigenvalue weighted by molar-refractivity contribution is 7.17. The molecule has 1 aliphatic heterocycles. The van der Waals surface area contributed by atoms with Gasteiger partial charge in [0.15, 0.2) is 0 Å². The molecule has 0 fully saturated rings. The van der Waals surface area contributed by atoms with E-state index in [-0.39, 0.29) is 5.91 Å². The van der Waals surface area contributed by atoms with Crippen molar-refractivity contribution in [3.63, 3.8) is 0 Å². The predicted octanol–water partition coefficient (Wildman–Crippen LogP) is 5.43. The fraction of sp³-hybridized carbons (Fsp3) is 0.190. The number of benzene rings is 2. The quantitative estimate of drug-likeness (QED) is 0.684. The van der Waals surface area contributed by atoms with E-state index in [9.17, 15) is 4.79 Å². The second-order valence-electron chi connectivity index (χ2n) is 6.21. The number of fused-ring (bicyclic) bond motifs is 3. The predicted molar refractivity (Wildman–Crippen MR) is 103 cm³/mol. The van der Waals surface area contributed by atoms with Crippen LogP contribution in [-0.4, -0.2) is 5.91 Å². The monoisotopic (exact) mass is 349 g/mol. The number of ether oxygens (including phenoxy) is 1. The number of hydrogen-bond donors (Lipinski definition) is 1. The molecule has 1 aromatic heterocycles. The van der Waals surface area contributed by atoms with Crippen LogP contribution in [0.5, 0.6) is 5.75 Å². The van der Waals surface area contributed by atoms with Crippen LogP contribution >= 0.6 is 11.3 Å². The van der Waals surface area contributed by atoms with Crippen molar-refractivity contribution in [1.82, 2.24) is 0 Å². The Bertz CT molecular complexity index is 941. The fourth-order valence-electron chi connectivity index (χ4n) is 3.08. The van der Waals surface area contributed by atoms with Crippen molar-refractivity contribution in [1.29, 1.82) is 0 Å². The highest BCUT2D eigenvalue weighted by atomic mass is 32.1. The Hall–Kier alpha value is -2.59. The van der Waals surface area contributed by atoms with Crippen molar-refractivity contribution in [2.75, 3.05) is 5.32 Å². The maximum absolute atomic E-state index is 12.6. The number of anilines is 1. The maximum Gasteiger partial charge on any atom is 0.265 e. The lowest BCUT2D eigenvalue weighted by Crippen LogP contribution is -2.10. The van der Waals surface area contributed by atoms with Crippen LogP contribution in [0.1, 0.15) is 33.3 Å². The molecule has 0 spiro atoms. The highest BCUT2D eigenvalue weighted by Gasteiger charge is 2.24. The van der Waals surface area contributed by atoms with E-state index in [1.165, 1.54) is 22.5 Å². The summed E-state index contributed by atoms with van der Waals surface area (Å²) in [5.74, 6) is 0.829. The SMILES string of the molecule is CCc1ccc(NC(=O)c2cc3c(s2)-c2c(C)cccc2OC3)cc1. The first kappa shape index (κ1) is 15.9. The van der Waals surface area contributed by atoms with E-state index in [2.05, 4.69) is 25.2 Å². The largest absolute Gasteiger partial charge is 0.488 e. The molecular formula is C21H19NO2S. The van der Waals surface area contributed by atoms with Crippen LogP contribution < -0.4 is 10.1 Å². The number of rotatable bonds is 3. The van der Waals surface area contributed by atoms with Crippen LogP contribution in [0.15, 0.2) is 48.5 Å². The van der Waals surface area contributed by atoms with Crippen molar-refractivity contribution >= 4 is 22.9 Å². The third-order valence-electron chi connectivity index (χ3n) is 4.50. The zero-order chi connectivity index (χ0) is 17.4. The summed E-state index contributed by atoms with van der Waals surface area (Å²) in [7, 11) is 0. The minimum Gasteiger partial charge on any atom is -0.488 e. The molecule has 4 heteroatoms. The van der Waals surface area contributed by atoms with Gasteiger partial charge in [0.2, 0.25) is 0 Å². The summed E-state index contributed by atoms with van der Waals surface area (Å²) in [6, 6.07) is 16.0. The van der Waals surface area contributed by atoms with Crippen molar-refractivity contribution in [3.05, 3.63) is 70.1 Å². The molecule has 25 heavy (non-hydrogen) atoms. The summed E-state index contributed by atoms with van der Waals surface area (Å²) < 4.78 is 5.84. The smallest absolute Gasteiger partial charge is 0.265 e. The topological polar surface area (TPSA) is 38.3 Å². The van der Waals surface area contributed by atoms with Crippen LogP contribution in [0.25, 0.3) is 10.4 Å². The van der Waals surface area contributed by atoms with Crippen LogP contribution in [0.2, 0.25) is 0 Å². The Morgan fingerprint density at radius 1 is 1.20 bits per heavy atom. The first-order valence-electron chi connectivity index (χ1n) is 8.41. The Morgan fingerprint density at radius 2 is 2.00 bits per heavy atom. The zero-order valence-corrected chi connectivity index (χ0v) is 15.1. The van der Waals surface area contributed by atoms with Crippen LogP contribution in [-0.2, 0) is 13.0 Å². The average molecular weight is 349 g/mol.